The average Bonchev–Trinajstić information content (AvgIpc) is 2.73. The van der Waals surface area contributed by atoms with Crippen molar-refractivity contribution >= 4 is 15.6 Å². The molecular weight excluding hydrogens is 478 g/mol. The van der Waals surface area contributed by atoms with E-state index in [-0.39, 0.29) is 0 Å². The summed E-state index contributed by atoms with van der Waals surface area (Å²) < 4.78 is 22.2. The Morgan fingerprint density at radius 1 is 0.818 bits per heavy atom. The van der Waals surface area contributed by atoms with Crippen LogP contribution in [0, 0.1) is 5.41 Å². The van der Waals surface area contributed by atoms with Gasteiger partial charge in [0.1, 0.15) is 0 Å². The molecule has 0 aromatic heterocycles. The van der Waals surface area contributed by atoms with Crippen molar-refractivity contribution in [2.24, 2.45) is 5.41 Å². The summed E-state index contributed by atoms with van der Waals surface area (Å²) in [6.07, 6.45) is 8.38. The number of aliphatic hydroxyl groups excluding tert-OH is 4. The molecule has 1 aromatic carbocycles. The summed E-state index contributed by atoms with van der Waals surface area (Å²) in [5, 5.41) is 39.2. The lowest BCUT2D eigenvalue weighted by Crippen LogP contribution is -2.40. The molecule has 33 heavy (non-hydrogen) atoms. The normalized spacial score (nSPS) is 13.4. The van der Waals surface area contributed by atoms with Crippen LogP contribution < -0.4 is 0 Å². The fourth-order valence-electron chi connectivity index (χ4n) is 3.18. The molecule has 0 bridgehead atoms. The Hall–Kier alpha value is -0.680. The van der Waals surface area contributed by atoms with Crippen LogP contribution in [0.2, 0.25) is 0 Å². The second-order valence-corrected chi connectivity index (χ2v) is 10.5. The molecule has 0 radical (unpaired) electrons. The summed E-state index contributed by atoms with van der Waals surface area (Å²) in [4.78, 5) is 31.0. The van der Waals surface area contributed by atoms with Crippen LogP contribution in [0.4, 0.5) is 0 Å². The van der Waals surface area contributed by atoms with Gasteiger partial charge < -0.3 is 40.0 Å². The zero-order valence-corrected chi connectivity index (χ0v) is 20.7. The van der Waals surface area contributed by atoms with Gasteiger partial charge in [-0.25, -0.2) is 9.13 Å². The quantitative estimate of drug-likeness (QED) is 0.125. The molecule has 0 aliphatic heterocycles. The van der Waals surface area contributed by atoms with E-state index in [0.29, 0.717) is 5.56 Å². The maximum absolute atomic E-state index is 10.6. The highest BCUT2D eigenvalue weighted by atomic mass is 31.3. The maximum atomic E-state index is 10.6. The van der Waals surface area contributed by atoms with Crippen LogP contribution in [-0.2, 0) is 19.9 Å². The highest BCUT2D eigenvalue weighted by Gasteiger charge is 2.38. The van der Waals surface area contributed by atoms with Gasteiger partial charge in [0.05, 0.1) is 31.3 Å². The third-order valence-electron chi connectivity index (χ3n) is 5.14. The van der Waals surface area contributed by atoms with Crippen molar-refractivity contribution in [3.63, 3.8) is 0 Å². The Labute approximate surface area is 194 Å². The fourth-order valence-corrected chi connectivity index (χ4v) is 4.29. The van der Waals surface area contributed by atoms with Crippen molar-refractivity contribution in [1.29, 1.82) is 0 Å². The zero-order valence-electron chi connectivity index (χ0n) is 18.9. The maximum Gasteiger partial charge on any atom is 0.478 e. The predicted octanol–water partition coefficient (Wildman–Crippen LogP) is 2.16. The first-order valence-corrected chi connectivity index (χ1v) is 13.8. The van der Waals surface area contributed by atoms with E-state index < -0.39 is 47.0 Å². The third-order valence-corrected chi connectivity index (χ3v) is 6.84. The highest BCUT2D eigenvalue weighted by molar-refractivity contribution is 7.60. The lowest BCUT2D eigenvalue weighted by Gasteiger charge is -2.34. The van der Waals surface area contributed by atoms with E-state index >= 15 is 0 Å². The third kappa shape index (κ3) is 13.7. The van der Waals surface area contributed by atoms with E-state index in [9.17, 15) is 29.6 Å². The SMILES string of the molecule is CCCCCCCCCc1ccccc1C(O)C(CO)(CO)CO.O=P(O)(O)OP(=O)(O)O. The smallest absolute Gasteiger partial charge is 0.395 e. The molecule has 0 amide bonds. The second kappa shape index (κ2) is 16.1. The largest absolute Gasteiger partial charge is 0.478 e. The Morgan fingerprint density at radius 2 is 1.27 bits per heavy atom. The van der Waals surface area contributed by atoms with Crippen molar-refractivity contribution in [2.45, 2.75) is 64.4 Å². The molecule has 0 spiro atoms. The van der Waals surface area contributed by atoms with E-state index in [2.05, 4.69) is 11.2 Å². The molecular formula is C20H38O11P2. The molecule has 0 fully saturated rings. The van der Waals surface area contributed by atoms with E-state index in [1.165, 1.54) is 38.5 Å². The van der Waals surface area contributed by atoms with Crippen LogP contribution in [0.15, 0.2) is 24.3 Å². The molecule has 0 aliphatic carbocycles. The second-order valence-electron chi connectivity index (χ2n) is 7.87. The minimum Gasteiger partial charge on any atom is -0.395 e. The number of unbranched alkanes of at least 4 members (excludes halogenated alkanes) is 6. The van der Waals surface area contributed by atoms with E-state index in [1.54, 1.807) is 0 Å². The number of aryl methyl sites for hydroxylation is 1. The molecule has 1 unspecified atom stereocenters. The van der Waals surface area contributed by atoms with Gasteiger partial charge in [-0.1, -0.05) is 69.7 Å². The summed E-state index contributed by atoms with van der Waals surface area (Å²) in [5.74, 6) is 0. The number of hydrogen-bond donors (Lipinski definition) is 8. The Bertz CT molecular complexity index is 715. The molecule has 1 aromatic rings. The molecule has 8 N–H and O–H groups in total. The van der Waals surface area contributed by atoms with Gasteiger partial charge in [0.25, 0.3) is 0 Å². The van der Waals surface area contributed by atoms with Crippen LogP contribution in [0.25, 0.3) is 0 Å². The molecule has 0 heterocycles. The van der Waals surface area contributed by atoms with Crippen LogP contribution in [0.5, 0.6) is 0 Å². The summed E-state index contributed by atoms with van der Waals surface area (Å²) in [5.41, 5.74) is 0.412. The van der Waals surface area contributed by atoms with Crippen molar-refractivity contribution in [2.75, 3.05) is 19.8 Å². The molecule has 0 saturated carbocycles. The monoisotopic (exact) mass is 516 g/mol. The van der Waals surface area contributed by atoms with Gasteiger partial charge in [0.2, 0.25) is 0 Å². The number of hydrogen-bond acceptors (Lipinski definition) is 7. The number of aliphatic hydroxyl groups is 4. The predicted molar refractivity (Wildman–Crippen MR) is 122 cm³/mol. The molecule has 1 atom stereocenters. The number of rotatable bonds is 15. The topological polar surface area (TPSA) is 205 Å². The van der Waals surface area contributed by atoms with Crippen LogP contribution in [-0.4, -0.2) is 59.8 Å². The van der Waals surface area contributed by atoms with Crippen molar-refractivity contribution in [1.82, 2.24) is 0 Å². The van der Waals surface area contributed by atoms with Gasteiger partial charge in [-0.15, -0.1) is 0 Å². The van der Waals surface area contributed by atoms with Crippen LogP contribution >= 0.6 is 15.6 Å². The summed E-state index contributed by atoms with van der Waals surface area (Å²) in [7, 11) is -10.1. The Balaban J connectivity index is 0.000000960. The van der Waals surface area contributed by atoms with E-state index in [4.69, 9.17) is 19.6 Å². The molecule has 194 valence electrons. The van der Waals surface area contributed by atoms with Crippen molar-refractivity contribution in [3.05, 3.63) is 35.4 Å². The van der Waals surface area contributed by atoms with Gasteiger partial charge in [0, 0.05) is 0 Å². The van der Waals surface area contributed by atoms with Crippen LogP contribution in [0.1, 0.15) is 69.1 Å². The van der Waals surface area contributed by atoms with E-state index in [0.717, 1.165) is 18.4 Å². The standard InChI is InChI=1S/C20H34O4.H4O7P2/c1-2-3-4-5-6-7-8-11-17-12-9-10-13-18(17)19(24)20(14-21,15-22)16-23;1-8(2,3)7-9(4,5)6/h9-10,12-13,19,21-24H,2-8,11,14-16H2,1H3;(H2,1,2,3)(H2,4,5,6). The van der Waals surface area contributed by atoms with E-state index in [1.807, 2.05) is 24.3 Å². The first-order chi connectivity index (χ1) is 15.4. The fraction of sp³-hybridized carbons (Fsp3) is 0.700. The van der Waals surface area contributed by atoms with Gasteiger partial charge >= 0.3 is 15.6 Å². The lowest BCUT2D eigenvalue weighted by molar-refractivity contribution is -0.0855. The van der Waals surface area contributed by atoms with Gasteiger partial charge in [-0.3, -0.25) is 0 Å². The summed E-state index contributed by atoms with van der Waals surface area (Å²) >= 11 is 0. The molecule has 0 saturated heterocycles. The molecule has 1 rings (SSSR count). The van der Waals surface area contributed by atoms with Gasteiger partial charge in [-0.2, -0.15) is 4.31 Å². The van der Waals surface area contributed by atoms with Crippen molar-refractivity contribution in [3.8, 4) is 0 Å². The minimum absolute atomic E-state index is 0.465. The number of benzene rings is 1. The van der Waals surface area contributed by atoms with Crippen LogP contribution in [0.3, 0.4) is 0 Å². The molecule has 11 nitrogen and oxygen atoms in total. The zero-order chi connectivity index (χ0) is 25.5. The Kier molecular flexibility index (Phi) is 15.7. The first-order valence-electron chi connectivity index (χ1n) is 10.8. The first kappa shape index (κ1) is 32.3. The Morgan fingerprint density at radius 3 is 1.70 bits per heavy atom. The van der Waals surface area contributed by atoms with Crippen molar-refractivity contribution < 1.29 is 53.4 Å². The molecule has 0 aliphatic rings. The highest BCUT2D eigenvalue weighted by Crippen LogP contribution is 2.53. The summed E-state index contributed by atoms with van der Waals surface area (Å²) in [6.45, 7) is 0.820. The number of phosphoric acid groups is 2. The van der Waals surface area contributed by atoms with Gasteiger partial charge in [-0.05, 0) is 24.0 Å². The van der Waals surface area contributed by atoms with Gasteiger partial charge in [0.15, 0.2) is 0 Å². The molecule has 13 heteroatoms. The lowest BCUT2D eigenvalue weighted by atomic mass is 9.79. The average molecular weight is 516 g/mol. The summed E-state index contributed by atoms with van der Waals surface area (Å²) in [6, 6.07) is 7.57. The minimum atomic E-state index is -5.05.